The van der Waals surface area contributed by atoms with Gasteiger partial charge in [-0.25, -0.2) is 0 Å². The Hall–Kier alpha value is -2.64. The highest BCUT2D eigenvalue weighted by atomic mass is 16.1. The quantitative estimate of drug-likeness (QED) is 0.679. The smallest absolute Gasteiger partial charge is 0.152 e. The summed E-state index contributed by atoms with van der Waals surface area (Å²) in [6.07, 6.45) is 6.65. The van der Waals surface area contributed by atoms with E-state index in [0.29, 0.717) is 17.8 Å². The normalized spacial score (nSPS) is 18.2. The Morgan fingerprint density at radius 3 is 2.70 bits per heavy atom. The molecule has 0 amide bonds. The maximum Gasteiger partial charge on any atom is 0.152 e. The Balaban J connectivity index is 1.49. The van der Waals surface area contributed by atoms with Crippen LogP contribution in [0.5, 0.6) is 0 Å². The first-order chi connectivity index (χ1) is 14.3. The van der Waals surface area contributed by atoms with Gasteiger partial charge in [-0.15, -0.1) is 0 Å². The minimum absolute atomic E-state index is 0.152. The van der Waals surface area contributed by atoms with Gasteiger partial charge in [-0.05, 0) is 24.6 Å². The molecule has 4 heterocycles. The fourth-order valence-electron chi connectivity index (χ4n) is 3.31. The van der Waals surface area contributed by atoms with Gasteiger partial charge in [-0.3, -0.25) is 24.3 Å². The van der Waals surface area contributed by atoms with E-state index in [0.717, 1.165) is 47.3 Å². The highest BCUT2D eigenvalue weighted by Crippen LogP contribution is 2.21. The summed E-state index contributed by atoms with van der Waals surface area (Å²) in [5.74, 6) is 0.152. The van der Waals surface area contributed by atoms with Crippen molar-refractivity contribution in [1.82, 2.24) is 29.5 Å². The molecule has 27 heavy (non-hydrogen) atoms. The number of ketones is 1. The van der Waals surface area contributed by atoms with E-state index in [9.17, 15) is 4.79 Å². The maximum absolute atomic E-state index is 12.5. The maximum atomic E-state index is 12.5. The third kappa shape index (κ3) is 4.20. The number of fused-ring (bicyclic) bond motifs is 1. The van der Waals surface area contributed by atoms with Crippen molar-refractivity contribution in [2.45, 2.75) is 6.42 Å². The molecule has 7 nitrogen and oxygen atoms in total. The molecule has 4 rings (SSSR count). The second kappa shape index (κ2) is 7.54. The monoisotopic (exact) mass is 367 g/mol. The first-order valence-electron chi connectivity index (χ1n) is 10.5. The molecular weight excluding hydrogens is 340 g/mol. The summed E-state index contributed by atoms with van der Waals surface area (Å²) in [4.78, 5) is 25.8. The van der Waals surface area contributed by atoms with E-state index in [1.54, 1.807) is 12.4 Å². The third-order valence-electron chi connectivity index (χ3n) is 4.91. The van der Waals surface area contributed by atoms with E-state index in [2.05, 4.69) is 31.9 Å². The number of aryl methyl sites for hydroxylation is 1. The molecule has 1 fully saturated rings. The van der Waals surface area contributed by atoms with Crippen molar-refractivity contribution < 1.29 is 8.91 Å². The standard InChI is InChI=1S/C20H24N6O/c1-24-3-5-26(6-4-24)14-19(27)9-18-7-15-8-20(17-12-23-25(2)13-17)22-11-16(15)10-21-18/h7-8,10-13H,3-6,9,14H2,1-2H3/i2D3. The Morgan fingerprint density at radius 2 is 1.93 bits per heavy atom. The van der Waals surface area contributed by atoms with E-state index in [1.165, 1.54) is 12.4 Å². The van der Waals surface area contributed by atoms with Gasteiger partial charge in [0.15, 0.2) is 5.78 Å². The van der Waals surface area contributed by atoms with Crippen molar-refractivity contribution in [2.24, 2.45) is 6.98 Å². The average molecular weight is 367 g/mol. The van der Waals surface area contributed by atoms with E-state index < -0.39 is 6.98 Å². The third-order valence-corrected chi connectivity index (χ3v) is 4.91. The zero-order valence-corrected chi connectivity index (χ0v) is 15.3. The van der Waals surface area contributed by atoms with Gasteiger partial charge in [-0.1, -0.05) is 0 Å². The van der Waals surface area contributed by atoms with Gasteiger partial charge in [0.25, 0.3) is 0 Å². The van der Waals surface area contributed by atoms with Crippen LogP contribution in [-0.4, -0.2) is 75.1 Å². The molecule has 7 heteroatoms. The molecule has 3 aromatic heterocycles. The summed E-state index contributed by atoms with van der Waals surface area (Å²) in [6, 6.07) is 3.77. The lowest BCUT2D eigenvalue weighted by molar-refractivity contribution is -0.120. The number of likely N-dealkylation sites (N-methyl/N-ethyl adjacent to an activating group) is 1. The zero-order chi connectivity index (χ0) is 21.3. The summed E-state index contributed by atoms with van der Waals surface area (Å²) >= 11 is 0. The van der Waals surface area contributed by atoms with Gasteiger partial charge >= 0.3 is 0 Å². The molecule has 0 aromatic carbocycles. The Bertz CT molecular complexity index is 1060. The Kier molecular flexibility index (Phi) is 4.03. The number of hydrogen-bond acceptors (Lipinski definition) is 6. The molecule has 1 saturated heterocycles. The van der Waals surface area contributed by atoms with Crippen LogP contribution in [0.1, 0.15) is 9.81 Å². The molecule has 0 radical (unpaired) electrons. The number of hydrogen-bond donors (Lipinski definition) is 0. The number of carbonyl (C=O) groups excluding carboxylic acids is 1. The molecule has 0 saturated carbocycles. The van der Waals surface area contributed by atoms with E-state index >= 15 is 0 Å². The largest absolute Gasteiger partial charge is 0.304 e. The number of rotatable bonds is 5. The number of Topliss-reactive ketones (excluding diaryl/α,β-unsaturated/α-hetero) is 1. The summed E-state index contributed by atoms with van der Waals surface area (Å²) in [6.45, 7) is 1.91. The van der Waals surface area contributed by atoms with E-state index in [1.807, 2.05) is 12.1 Å². The number of pyridine rings is 2. The van der Waals surface area contributed by atoms with E-state index in [-0.39, 0.29) is 12.2 Å². The predicted octanol–water partition coefficient (Wildman–Crippen LogP) is 1.39. The molecule has 0 aliphatic carbocycles. The second-order valence-electron chi connectivity index (χ2n) is 7.06. The number of aromatic nitrogens is 4. The molecule has 1 aliphatic heterocycles. The summed E-state index contributed by atoms with van der Waals surface area (Å²) in [7, 11) is 2.09. The predicted molar refractivity (Wildman–Crippen MR) is 104 cm³/mol. The Labute approximate surface area is 162 Å². The van der Waals surface area contributed by atoms with Crippen molar-refractivity contribution in [3.8, 4) is 11.3 Å². The van der Waals surface area contributed by atoms with Crippen molar-refractivity contribution >= 4 is 16.6 Å². The summed E-state index contributed by atoms with van der Waals surface area (Å²) in [5.41, 5.74) is 1.97. The second-order valence-corrected chi connectivity index (χ2v) is 7.06. The van der Waals surface area contributed by atoms with Crippen LogP contribution in [0.15, 0.2) is 36.9 Å². The topological polar surface area (TPSA) is 67.2 Å². The van der Waals surface area contributed by atoms with Crippen LogP contribution >= 0.6 is 0 Å². The van der Waals surface area contributed by atoms with Crippen molar-refractivity contribution in [3.63, 3.8) is 0 Å². The van der Waals surface area contributed by atoms with Crippen LogP contribution in [0.3, 0.4) is 0 Å². The van der Waals surface area contributed by atoms with Gasteiger partial charge in [0.2, 0.25) is 0 Å². The van der Waals surface area contributed by atoms with Crippen molar-refractivity contribution in [3.05, 3.63) is 42.6 Å². The minimum atomic E-state index is -2.32. The van der Waals surface area contributed by atoms with Gasteiger partial charge in [-0.2, -0.15) is 5.10 Å². The highest BCUT2D eigenvalue weighted by Gasteiger charge is 2.17. The fraction of sp³-hybridized carbons (Fsp3) is 0.400. The van der Waals surface area contributed by atoms with Gasteiger partial charge in [0.05, 0.1) is 24.9 Å². The first-order valence-corrected chi connectivity index (χ1v) is 9.01. The SMILES string of the molecule is [2H]C([2H])([2H])n1cc(-c2cc3cc(CC(=O)CN4CCN(C)CC4)ncc3cn2)cn1. The molecule has 140 valence electrons. The van der Waals surface area contributed by atoms with Crippen LogP contribution in [0.2, 0.25) is 0 Å². The molecule has 0 atom stereocenters. The Morgan fingerprint density at radius 1 is 1.11 bits per heavy atom. The van der Waals surface area contributed by atoms with E-state index in [4.69, 9.17) is 4.11 Å². The van der Waals surface area contributed by atoms with Crippen LogP contribution in [0, 0.1) is 0 Å². The zero-order valence-electron chi connectivity index (χ0n) is 18.3. The summed E-state index contributed by atoms with van der Waals surface area (Å²) < 4.78 is 23.3. The minimum Gasteiger partial charge on any atom is -0.304 e. The van der Waals surface area contributed by atoms with Crippen LogP contribution in [0.25, 0.3) is 22.0 Å². The van der Waals surface area contributed by atoms with Crippen molar-refractivity contribution in [2.75, 3.05) is 39.8 Å². The number of carbonyl (C=O) groups is 1. The van der Waals surface area contributed by atoms with Crippen LogP contribution in [0.4, 0.5) is 0 Å². The van der Waals surface area contributed by atoms with Gasteiger partial charge in [0, 0.05) is 72.5 Å². The van der Waals surface area contributed by atoms with Crippen LogP contribution < -0.4 is 0 Å². The highest BCUT2D eigenvalue weighted by molar-refractivity contribution is 5.87. The molecular formula is C20H24N6O. The van der Waals surface area contributed by atoms with Gasteiger partial charge < -0.3 is 4.90 Å². The molecule has 0 unspecified atom stereocenters. The number of piperazine rings is 1. The number of nitrogens with zero attached hydrogens (tertiary/aromatic N) is 6. The van der Waals surface area contributed by atoms with Gasteiger partial charge in [0.1, 0.15) is 0 Å². The average Bonchev–Trinajstić information content (AvgIpc) is 3.20. The molecule has 0 N–H and O–H groups in total. The molecule has 0 bridgehead atoms. The van der Waals surface area contributed by atoms with Crippen molar-refractivity contribution in [1.29, 1.82) is 0 Å². The lowest BCUT2D eigenvalue weighted by Gasteiger charge is -2.31. The lowest BCUT2D eigenvalue weighted by atomic mass is 10.1. The molecule has 1 aliphatic rings. The first kappa shape index (κ1) is 14.4. The van der Waals surface area contributed by atoms with Crippen LogP contribution in [-0.2, 0) is 18.2 Å². The summed E-state index contributed by atoms with van der Waals surface area (Å²) in [5, 5.41) is 5.67. The lowest BCUT2D eigenvalue weighted by Crippen LogP contribution is -2.46. The molecule has 0 spiro atoms. The fourth-order valence-corrected chi connectivity index (χ4v) is 3.31. The molecule has 3 aromatic rings.